The molecule has 2 aromatic rings. The Kier molecular flexibility index (Phi) is 3.00. The van der Waals surface area contributed by atoms with Gasteiger partial charge in [0.05, 0.1) is 14.1 Å². The second-order valence-electron chi connectivity index (χ2n) is 3.04. The van der Waals surface area contributed by atoms with E-state index < -0.39 is 0 Å². The molecule has 1 nitrogen and oxygen atoms in total. The van der Waals surface area contributed by atoms with Gasteiger partial charge in [-0.1, -0.05) is 27.5 Å². The Morgan fingerprint density at radius 2 is 2.14 bits per heavy atom. The fourth-order valence-corrected chi connectivity index (χ4v) is 2.23. The van der Waals surface area contributed by atoms with E-state index in [1.807, 2.05) is 13.0 Å². The van der Waals surface area contributed by atoms with E-state index in [1.165, 1.54) is 5.56 Å². The summed E-state index contributed by atoms with van der Waals surface area (Å²) >= 11 is 11.8. The number of aromatic nitrogens is 1. The zero-order valence-corrected chi connectivity index (χ0v) is 11.8. The van der Waals surface area contributed by atoms with Crippen LogP contribution in [0.4, 0.5) is 0 Å². The number of nitrogens with zero attached hydrogens (tertiary/aromatic N) is 1. The Labute approximate surface area is 109 Å². The highest BCUT2D eigenvalue weighted by Crippen LogP contribution is 2.30. The van der Waals surface area contributed by atoms with Crippen LogP contribution in [0.3, 0.4) is 0 Å². The van der Waals surface area contributed by atoms with Crippen molar-refractivity contribution >= 4 is 61.0 Å². The maximum Gasteiger partial charge on any atom is 0.0729 e. The van der Waals surface area contributed by atoms with Crippen molar-refractivity contribution in [2.75, 3.05) is 0 Å². The number of benzene rings is 1. The molecule has 72 valence electrons. The van der Waals surface area contributed by atoms with Crippen LogP contribution in [-0.2, 0) is 0 Å². The van der Waals surface area contributed by atoms with Crippen molar-refractivity contribution in [1.82, 2.24) is 4.98 Å². The third-order valence-electron chi connectivity index (χ3n) is 2.04. The summed E-state index contributed by atoms with van der Waals surface area (Å²) in [6, 6.07) is 4.05. The first kappa shape index (κ1) is 10.6. The molecule has 0 N–H and O–H groups in total. The molecule has 1 aromatic heterocycles. The van der Waals surface area contributed by atoms with Gasteiger partial charge in [-0.2, -0.15) is 0 Å². The van der Waals surface area contributed by atoms with Gasteiger partial charge >= 0.3 is 0 Å². The number of halogens is 3. The smallest absolute Gasteiger partial charge is 0.0729 e. The van der Waals surface area contributed by atoms with Gasteiger partial charge < -0.3 is 0 Å². The van der Waals surface area contributed by atoms with Crippen LogP contribution in [0.25, 0.3) is 10.9 Å². The van der Waals surface area contributed by atoms with Gasteiger partial charge in [0.2, 0.25) is 0 Å². The number of pyridine rings is 1. The van der Waals surface area contributed by atoms with Crippen LogP contribution in [0.2, 0.25) is 5.02 Å². The molecule has 0 fully saturated rings. The lowest BCUT2D eigenvalue weighted by molar-refractivity contribution is 1.36. The van der Waals surface area contributed by atoms with Crippen molar-refractivity contribution in [3.05, 3.63) is 37.0 Å². The maximum absolute atomic E-state index is 6.19. The SMILES string of the molecule is Cc1cc2c(Cl)c(I)cnc2cc1Br. The number of fused-ring (bicyclic) bond motifs is 1. The molecule has 1 aromatic carbocycles. The topological polar surface area (TPSA) is 12.9 Å². The molecular formula is C10H6BrClIN. The molecule has 0 unspecified atom stereocenters. The van der Waals surface area contributed by atoms with E-state index in [0.29, 0.717) is 0 Å². The van der Waals surface area contributed by atoms with Gasteiger partial charge in [-0.15, -0.1) is 0 Å². The lowest BCUT2D eigenvalue weighted by Gasteiger charge is -2.04. The summed E-state index contributed by atoms with van der Waals surface area (Å²) in [6.07, 6.45) is 1.78. The molecule has 0 amide bonds. The summed E-state index contributed by atoms with van der Waals surface area (Å²) < 4.78 is 2.05. The van der Waals surface area contributed by atoms with Crippen molar-refractivity contribution < 1.29 is 0 Å². The predicted molar refractivity (Wildman–Crippen MR) is 71.9 cm³/mol. The molecule has 0 radical (unpaired) electrons. The zero-order chi connectivity index (χ0) is 10.3. The van der Waals surface area contributed by atoms with Gasteiger partial charge in [-0.05, 0) is 47.2 Å². The molecule has 0 aliphatic heterocycles. The molecule has 0 aliphatic carbocycles. The summed E-state index contributed by atoms with van der Waals surface area (Å²) in [5.41, 5.74) is 2.09. The normalized spacial score (nSPS) is 10.9. The number of rotatable bonds is 0. The third-order valence-corrected chi connectivity index (χ3v) is 4.44. The van der Waals surface area contributed by atoms with E-state index in [0.717, 1.165) is 24.0 Å². The van der Waals surface area contributed by atoms with E-state index in [4.69, 9.17) is 11.6 Å². The van der Waals surface area contributed by atoms with Crippen molar-refractivity contribution in [1.29, 1.82) is 0 Å². The minimum Gasteiger partial charge on any atom is -0.255 e. The standard InChI is InChI=1S/C10H6BrClIN/c1-5-2-6-9(3-7(5)11)14-4-8(13)10(6)12/h2-4H,1H3. The van der Waals surface area contributed by atoms with Gasteiger partial charge in [0, 0.05) is 16.1 Å². The second kappa shape index (κ2) is 3.94. The first-order valence-electron chi connectivity index (χ1n) is 3.99. The summed E-state index contributed by atoms with van der Waals surface area (Å²) in [5.74, 6) is 0. The fraction of sp³-hybridized carbons (Fsp3) is 0.100. The zero-order valence-electron chi connectivity index (χ0n) is 7.31. The molecule has 1 heterocycles. The predicted octanol–water partition coefficient (Wildman–Crippen LogP) is 4.56. The largest absolute Gasteiger partial charge is 0.255 e. The Bertz CT molecular complexity index is 513. The molecule has 0 spiro atoms. The second-order valence-corrected chi connectivity index (χ2v) is 5.43. The van der Waals surface area contributed by atoms with E-state index in [-0.39, 0.29) is 0 Å². The first-order chi connectivity index (χ1) is 6.59. The van der Waals surface area contributed by atoms with Crippen LogP contribution in [-0.4, -0.2) is 4.98 Å². The van der Waals surface area contributed by atoms with Gasteiger partial charge in [-0.25, -0.2) is 0 Å². The molecule has 0 saturated carbocycles. The Balaban J connectivity index is 2.89. The van der Waals surface area contributed by atoms with E-state index >= 15 is 0 Å². The molecule has 0 bridgehead atoms. The van der Waals surface area contributed by atoms with Crippen molar-refractivity contribution in [2.24, 2.45) is 0 Å². The molecule has 14 heavy (non-hydrogen) atoms. The molecule has 0 atom stereocenters. The lowest BCUT2D eigenvalue weighted by atomic mass is 10.1. The summed E-state index contributed by atoms with van der Waals surface area (Å²) in [4.78, 5) is 4.32. The van der Waals surface area contributed by atoms with Gasteiger partial charge in [0.25, 0.3) is 0 Å². The number of hydrogen-bond donors (Lipinski definition) is 0. The minimum absolute atomic E-state index is 0.784. The Morgan fingerprint density at radius 1 is 1.43 bits per heavy atom. The lowest BCUT2D eigenvalue weighted by Crippen LogP contribution is -1.86. The average molecular weight is 382 g/mol. The van der Waals surface area contributed by atoms with Crippen LogP contribution >= 0.6 is 50.1 Å². The minimum atomic E-state index is 0.784. The summed E-state index contributed by atoms with van der Waals surface area (Å²) in [5, 5.41) is 1.80. The van der Waals surface area contributed by atoms with E-state index in [1.54, 1.807) is 6.20 Å². The van der Waals surface area contributed by atoms with Crippen LogP contribution in [0.5, 0.6) is 0 Å². The van der Waals surface area contributed by atoms with Crippen LogP contribution in [0.1, 0.15) is 5.56 Å². The maximum atomic E-state index is 6.19. The highest BCUT2D eigenvalue weighted by atomic mass is 127. The molecule has 4 heteroatoms. The molecule has 0 saturated heterocycles. The number of aryl methyl sites for hydroxylation is 1. The highest BCUT2D eigenvalue weighted by Gasteiger charge is 2.06. The Hall–Kier alpha value is 0.130. The fourth-order valence-electron chi connectivity index (χ4n) is 1.27. The van der Waals surface area contributed by atoms with Gasteiger partial charge in [0.1, 0.15) is 0 Å². The third kappa shape index (κ3) is 1.77. The van der Waals surface area contributed by atoms with Gasteiger partial charge in [-0.3, -0.25) is 4.98 Å². The van der Waals surface area contributed by atoms with Crippen molar-refractivity contribution in [2.45, 2.75) is 6.92 Å². The first-order valence-corrected chi connectivity index (χ1v) is 6.24. The van der Waals surface area contributed by atoms with E-state index in [9.17, 15) is 0 Å². The van der Waals surface area contributed by atoms with E-state index in [2.05, 4.69) is 49.6 Å². The molecular weight excluding hydrogens is 376 g/mol. The van der Waals surface area contributed by atoms with Crippen LogP contribution < -0.4 is 0 Å². The molecule has 0 aliphatic rings. The van der Waals surface area contributed by atoms with Crippen LogP contribution in [0, 0.1) is 10.5 Å². The average Bonchev–Trinajstić information content (AvgIpc) is 2.15. The highest BCUT2D eigenvalue weighted by molar-refractivity contribution is 14.1. The number of hydrogen-bond acceptors (Lipinski definition) is 1. The van der Waals surface area contributed by atoms with Gasteiger partial charge in [0.15, 0.2) is 0 Å². The molecule has 2 rings (SSSR count). The summed E-state index contributed by atoms with van der Waals surface area (Å²) in [7, 11) is 0. The van der Waals surface area contributed by atoms with Crippen LogP contribution in [0.15, 0.2) is 22.8 Å². The van der Waals surface area contributed by atoms with Crippen molar-refractivity contribution in [3.63, 3.8) is 0 Å². The summed E-state index contributed by atoms with van der Waals surface area (Å²) in [6.45, 7) is 2.04. The Morgan fingerprint density at radius 3 is 2.86 bits per heavy atom. The quantitative estimate of drug-likeness (QED) is 0.609. The monoisotopic (exact) mass is 381 g/mol. The van der Waals surface area contributed by atoms with Crippen molar-refractivity contribution in [3.8, 4) is 0 Å².